The first-order chi connectivity index (χ1) is 10.1. The van der Waals surface area contributed by atoms with E-state index in [0.29, 0.717) is 0 Å². The standard InChI is InChI=1S/C16H13N3OS/c1-9-4-3-5-11(8-9)19-12-6-7-17-15-13(12)14(10(2)21-15)18-16(19)20/h3-8H,1-2H3,(H,18,20). The van der Waals surface area contributed by atoms with E-state index >= 15 is 0 Å². The summed E-state index contributed by atoms with van der Waals surface area (Å²) < 4.78 is 0. The zero-order valence-corrected chi connectivity index (χ0v) is 12.5. The van der Waals surface area contributed by atoms with E-state index in [-0.39, 0.29) is 6.03 Å². The molecular formula is C16H13N3OS. The molecule has 1 aromatic carbocycles. The lowest BCUT2D eigenvalue weighted by Crippen LogP contribution is -2.33. The van der Waals surface area contributed by atoms with Crippen LogP contribution in [0.25, 0.3) is 10.2 Å². The largest absolute Gasteiger partial charge is 0.331 e. The molecule has 4 rings (SSSR count). The van der Waals surface area contributed by atoms with Crippen LogP contribution in [0, 0.1) is 13.8 Å². The van der Waals surface area contributed by atoms with Crippen LogP contribution in [0.5, 0.6) is 0 Å². The molecule has 2 aromatic heterocycles. The molecular weight excluding hydrogens is 282 g/mol. The van der Waals surface area contributed by atoms with Gasteiger partial charge in [-0.25, -0.2) is 9.78 Å². The van der Waals surface area contributed by atoms with Crippen molar-refractivity contribution in [3.63, 3.8) is 0 Å². The molecule has 0 saturated carbocycles. The fourth-order valence-corrected chi connectivity index (χ4v) is 3.72. The summed E-state index contributed by atoms with van der Waals surface area (Å²) >= 11 is 1.61. The molecule has 2 amide bonds. The van der Waals surface area contributed by atoms with E-state index in [9.17, 15) is 4.79 Å². The number of carbonyl (C=O) groups is 1. The third kappa shape index (κ3) is 1.74. The van der Waals surface area contributed by atoms with Gasteiger partial charge in [0.25, 0.3) is 0 Å². The number of nitrogens with zero attached hydrogens (tertiary/aromatic N) is 2. The lowest BCUT2D eigenvalue weighted by atomic mass is 10.1. The van der Waals surface area contributed by atoms with Crippen molar-refractivity contribution in [3.05, 3.63) is 47.0 Å². The third-order valence-electron chi connectivity index (χ3n) is 3.68. The summed E-state index contributed by atoms with van der Waals surface area (Å²) in [6, 6.07) is 9.72. The van der Waals surface area contributed by atoms with Crippen molar-refractivity contribution in [2.45, 2.75) is 13.8 Å². The Kier molecular flexibility index (Phi) is 2.53. The first-order valence-corrected chi connectivity index (χ1v) is 7.52. The van der Waals surface area contributed by atoms with Crippen LogP contribution >= 0.6 is 11.3 Å². The van der Waals surface area contributed by atoms with Gasteiger partial charge in [-0.15, -0.1) is 11.3 Å². The van der Waals surface area contributed by atoms with Gasteiger partial charge in [0.05, 0.1) is 22.4 Å². The number of hydrogen-bond acceptors (Lipinski definition) is 3. The Morgan fingerprint density at radius 1 is 1.24 bits per heavy atom. The van der Waals surface area contributed by atoms with Crippen molar-refractivity contribution in [1.29, 1.82) is 0 Å². The lowest BCUT2D eigenvalue weighted by molar-refractivity contribution is 0.259. The third-order valence-corrected chi connectivity index (χ3v) is 4.70. The summed E-state index contributed by atoms with van der Waals surface area (Å²) in [5, 5.41) is 4.03. The average molecular weight is 295 g/mol. The second-order valence-corrected chi connectivity index (χ2v) is 6.35. The van der Waals surface area contributed by atoms with Gasteiger partial charge in [0, 0.05) is 11.1 Å². The van der Waals surface area contributed by atoms with E-state index in [4.69, 9.17) is 0 Å². The highest BCUT2D eigenvalue weighted by Gasteiger charge is 2.29. The number of aryl methyl sites for hydroxylation is 2. The normalized spacial score (nSPS) is 13.6. The summed E-state index contributed by atoms with van der Waals surface area (Å²) in [5.41, 5.74) is 3.79. The number of anilines is 3. The van der Waals surface area contributed by atoms with E-state index in [1.54, 1.807) is 22.4 Å². The van der Waals surface area contributed by atoms with Crippen molar-refractivity contribution < 1.29 is 4.79 Å². The fourth-order valence-electron chi connectivity index (χ4n) is 2.75. The van der Waals surface area contributed by atoms with E-state index in [0.717, 1.165) is 37.7 Å². The molecule has 1 N–H and O–H groups in total. The van der Waals surface area contributed by atoms with E-state index in [2.05, 4.69) is 10.3 Å². The maximum absolute atomic E-state index is 12.6. The van der Waals surface area contributed by atoms with Crippen molar-refractivity contribution >= 4 is 44.6 Å². The molecule has 0 spiro atoms. The Hall–Kier alpha value is -2.40. The second-order valence-electron chi connectivity index (χ2n) is 5.15. The van der Waals surface area contributed by atoms with Gasteiger partial charge in [-0.1, -0.05) is 12.1 Å². The fraction of sp³-hybridized carbons (Fsp3) is 0.125. The van der Waals surface area contributed by atoms with Gasteiger partial charge in [-0.3, -0.25) is 4.90 Å². The predicted molar refractivity (Wildman–Crippen MR) is 86.7 cm³/mol. The molecule has 0 radical (unpaired) electrons. The van der Waals surface area contributed by atoms with Gasteiger partial charge < -0.3 is 5.32 Å². The SMILES string of the molecule is Cc1cccc(N2C(=O)Nc3c(C)sc4nccc2c34)c1. The Morgan fingerprint density at radius 2 is 2.10 bits per heavy atom. The number of carbonyl (C=O) groups excluding carboxylic acids is 1. The molecule has 0 aliphatic carbocycles. The minimum Gasteiger partial charge on any atom is -0.305 e. The minimum atomic E-state index is -0.123. The van der Waals surface area contributed by atoms with Gasteiger partial charge in [0.2, 0.25) is 0 Å². The van der Waals surface area contributed by atoms with E-state index in [1.165, 1.54) is 0 Å². The molecule has 0 fully saturated rings. The van der Waals surface area contributed by atoms with Crippen LogP contribution in [-0.2, 0) is 0 Å². The van der Waals surface area contributed by atoms with Crippen LogP contribution < -0.4 is 10.2 Å². The van der Waals surface area contributed by atoms with Crippen molar-refractivity contribution in [3.8, 4) is 0 Å². The van der Waals surface area contributed by atoms with Gasteiger partial charge >= 0.3 is 6.03 Å². The van der Waals surface area contributed by atoms with Crippen LogP contribution in [0.4, 0.5) is 21.9 Å². The number of pyridine rings is 1. The predicted octanol–water partition coefficient (Wildman–Crippen LogP) is 4.60. The summed E-state index contributed by atoms with van der Waals surface area (Å²) in [6.45, 7) is 4.03. The highest BCUT2D eigenvalue weighted by atomic mass is 32.1. The van der Waals surface area contributed by atoms with Crippen LogP contribution in [-0.4, -0.2) is 11.0 Å². The Balaban J connectivity index is 2.01. The molecule has 21 heavy (non-hydrogen) atoms. The first kappa shape index (κ1) is 12.3. The molecule has 3 aromatic rings. The maximum atomic E-state index is 12.6. The molecule has 0 atom stereocenters. The molecule has 1 aliphatic heterocycles. The number of benzene rings is 1. The van der Waals surface area contributed by atoms with Crippen molar-refractivity contribution in [1.82, 2.24) is 4.98 Å². The Bertz CT molecular complexity index is 884. The van der Waals surface area contributed by atoms with Crippen LogP contribution in [0.2, 0.25) is 0 Å². The quantitative estimate of drug-likeness (QED) is 0.713. The summed E-state index contributed by atoms with van der Waals surface area (Å²) in [7, 11) is 0. The summed E-state index contributed by atoms with van der Waals surface area (Å²) in [4.78, 5) is 20.7. The van der Waals surface area contributed by atoms with Crippen molar-refractivity contribution in [2.75, 3.05) is 10.2 Å². The second kappa shape index (κ2) is 4.30. The number of aromatic nitrogens is 1. The highest BCUT2D eigenvalue weighted by molar-refractivity contribution is 7.19. The molecule has 104 valence electrons. The van der Waals surface area contributed by atoms with E-state index < -0.39 is 0 Å². The summed E-state index contributed by atoms with van der Waals surface area (Å²) in [5.74, 6) is 0. The van der Waals surface area contributed by atoms with Gasteiger partial charge in [0.15, 0.2) is 0 Å². The van der Waals surface area contributed by atoms with Crippen LogP contribution in [0.15, 0.2) is 36.5 Å². The first-order valence-electron chi connectivity index (χ1n) is 6.71. The minimum absolute atomic E-state index is 0.123. The smallest absolute Gasteiger partial charge is 0.305 e. The molecule has 5 heteroatoms. The molecule has 0 bridgehead atoms. The topological polar surface area (TPSA) is 45.2 Å². The number of thiophene rings is 1. The Labute approximate surface area is 126 Å². The monoisotopic (exact) mass is 295 g/mol. The number of amides is 2. The number of hydrogen-bond donors (Lipinski definition) is 1. The molecule has 3 heterocycles. The average Bonchev–Trinajstić information content (AvgIpc) is 2.77. The molecule has 0 saturated heterocycles. The van der Waals surface area contributed by atoms with Gasteiger partial charge in [-0.05, 0) is 37.6 Å². The number of nitrogens with one attached hydrogen (secondary N) is 1. The summed E-state index contributed by atoms with van der Waals surface area (Å²) in [6.07, 6.45) is 1.76. The van der Waals surface area contributed by atoms with Crippen molar-refractivity contribution in [2.24, 2.45) is 0 Å². The molecule has 4 nitrogen and oxygen atoms in total. The molecule has 1 aliphatic rings. The maximum Gasteiger partial charge on any atom is 0.331 e. The lowest BCUT2D eigenvalue weighted by Gasteiger charge is -2.28. The van der Waals surface area contributed by atoms with E-state index in [1.807, 2.05) is 44.2 Å². The van der Waals surface area contributed by atoms with Gasteiger partial charge in [-0.2, -0.15) is 0 Å². The number of urea groups is 1. The van der Waals surface area contributed by atoms with Crippen LogP contribution in [0.3, 0.4) is 0 Å². The zero-order chi connectivity index (χ0) is 14.6. The van der Waals surface area contributed by atoms with Crippen LogP contribution in [0.1, 0.15) is 10.4 Å². The highest BCUT2D eigenvalue weighted by Crippen LogP contribution is 2.45. The Morgan fingerprint density at radius 3 is 2.90 bits per heavy atom. The van der Waals surface area contributed by atoms with Gasteiger partial charge in [0.1, 0.15) is 4.83 Å². The molecule has 0 unspecified atom stereocenters. The number of rotatable bonds is 1. The zero-order valence-electron chi connectivity index (χ0n) is 11.7.